The first kappa shape index (κ1) is 15.0. The van der Waals surface area contributed by atoms with Crippen LogP contribution >= 0.6 is 15.9 Å². The van der Waals surface area contributed by atoms with E-state index in [2.05, 4.69) is 81.7 Å². The molecule has 0 spiro atoms. The summed E-state index contributed by atoms with van der Waals surface area (Å²) in [6.07, 6.45) is 2.92. The topological polar surface area (TPSA) is 24.9 Å². The van der Waals surface area contributed by atoms with Gasteiger partial charge in [0.05, 0.1) is 11.2 Å². The maximum atomic E-state index is 4.48. The second-order valence-electron chi connectivity index (χ2n) is 5.52. The minimum atomic E-state index is 0.506. The standard InChI is InChI=1S/C19H19BrN2/c1-14(16-8-2-3-9-17(16)20)11-13-21-18-10-4-6-15-7-5-12-22-19(15)18/h2-10,12,14,21H,11,13H2,1H3. The number of nitrogens with one attached hydrogen (secondary N) is 1. The smallest absolute Gasteiger partial charge is 0.0933 e. The molecule has 3 heteroatoms. The minimum absolute atomic E-state index is 0.506. The lowest BCUT2D eigenvalue weighted by Crippen LogP contribution is -2.07. The molecule has 1 atom stereocenters. The average molecular weight is 355 g/mol. The normalized spacial score (nSPS) is 12.3. The van der Waals surface area contributed by atoms with Crippen molar-refractivity contribution in [3.05, 3.63) is 70.8 Å². The Morgan fingerprint density at radius 2 is 1.86 bits per heavy atom. The Balaban J connectivity index is 1.66. The van der Waals surface area contributed by atoms with Gasteiger partial charge in [-0.3, -0.25) is 4.98 Å². The molecule has 0 radical (unpaired) electrons. The first-order chi connectivity index (χ1) is 10.8. The van der Waals surface area contributed by atoms with E-state index in [-0.39, 0.29) is 0 Å². The van der Waals surface area contributed by atoms with Crippen LogP contribution in [0.2, 0.25) is 0 Å². The molecule has 0 fully saturated rings. The Morgan fingerprint density at radius 3 is 2.73 bits per heavy atom. The van der Waals surface area contributed by atoms with Crippen LogP contribution in [0.25, 0.3) is 10.9 Å². The van der Waals surface area contributed by atoms with Gasteiger partial charge in [-0.25, -0.2) is 0 Å². The highest BCUT2D eigenvalue weighted by molar-refractivity contribution is 9.10. The van der Waals surface area contributed by atoms with Crippen molar-refractivity contribution in [1.29, 1.82) is 0 Å². The minimum Gasteiger partial charge on any atom is -0.383 e. The summed E-state index contributed by atoms with van der Waals surface area (Å²) in [5.41, 5.74) is 3.51. The van der Waals surface area contributed by atoms with Crippen molar-refractivity contribution >= 4 is 32.5 Å². The second kappa shape index (κ2) is 6.93. The number of aromatic nitrogens is 1. The summed E-state index contributed by atoms with van der Waals surface area (Å²) in [4.78, 5) is 4.48. The predicted molar refractivity (Wildman–Crippen MR) is 97.4 cm³/mol. The van der Waals surface area contributed by atoms with Gasteiger partial charge < -0.3 is 5.32 Å². The van der Waals surface area contributed by atoms with Crippen LogP contribution in [0, 0.1) is 0 Å². The fourth-order valence-corrected chi connectivity index (χ4v) is 3.38. The van der Waals surface area contributed by atoms with Gasteiger partial charge in [0.25, 0.3) is 0 Å². The number of para-hydroxylation sites is 1. The van der Waals surface area contributed by atoms with E-state index in [0.29, 0.717) is 5.92 Å². The number of halogens is 1. The highest BCUT2D eigenvalue weighted by atomic mass is 79.9. The zero-order valence-electron chi connectivity index (χ0n) is 12.6. The molecule has 1 N–H and O–H groups in total. The van der Waals surface area contributed by atoms with Crippen LogP contribution < -0.4 is 5.32 Å². The van der Waals surface area contributed by atoms with E-state index in [1.54, 1.807) is 0 Å². The average Bonchev–Trinajstić information content (AvgIpc) is 2.55. The van der Waals surface area contributed by atoms with Gasteiger partial charge in [-0.1, -0.05) is 59.3 Å². The van der Waals surface area contributed by atoms with Crippen molar-refractivity contribution in [3.8, 4) is 0 Å². The summed E-state index contributed by atoms with van der Waals surface area (Å²) in [7, 11) is 0. The lowest BCUT2D eigenvalue weighted by Gasteiger charge is -2.15. The highest BCUT2D eigenvalue weighted by Gasteiger charge is 2.09. The Hall–Kier alpha value is -1.87. The van der Waals surface area contributed by atoms with Gasteiger partial charge in [-0.15, -0.1) is 0 Å². The fourth-order valence-electron chi connectivity index (χ4n) is 2.70. The van der Waals surface area contributed by atoms with E-state index < -0.39 is 0 Å². The second-order valence-corrected chi connectivity index (χ2v) is 6.37. The van der Waals surface area contributed by atoms with Crippen LogP contribution in [0.1, 0.15) is 24.8 Å². The number of fused-ring (bicyclic) bond motifs is 1. The molecule has 0 aliphatic heterocycles. The Labute approximate surface area is 139 Å². The zero-order chi connectivity index (χ0) is 15.4. The van der Waals surface area contributed by atoms with Crippen LogP contribution in [0.5, 0.6) is 0 Å². The summed E-state index contributed by atoms with van der Waals surface area (Å²) in [5, 5.41) is 4.70. The first-order valence-electron chi connectivity index (χ1n) is 7.58. The quantitative estimate of drug-likeness (QED) is 0.644. The van der Waals surface area contributed by atoms with Crippen molar-refractivity contribution in [2.45, 2.75) is 19.3 Å². The summed E-state index contributed by atoms with van der Waals surface area (Å²) in [5.74, 6) is 0.506. The van der Waals surface area contributed by atoms with E-state index in [0.717, 1.165) is 24.2 Å². The SMILES string of the molecule is CC(CCNc1cccc2cccnc12)c1ccccc1Br. The molecule has 2 aromatic carbocycles. The summed E-state index contributed by atoms with van der Waals surface area (Å²) < 4.78 is 1.19. The van der Waals surface area contributed by atoms with Gasteiger partial charge in [0.15, 0.2) is 0 Å². The van der Waals surface area contributed by atoms with Crippen molar-refractivity contribution in [3.63, 3.8) is 0 Å². The van der Waals surface area contributed by atoms with Crippen LogP contribution in [0.4, 0.5) is 5.69 Å². The number of nitrogens with zero attached hydrogens (tertiary/aromatic N) is 1. The third-order valence-corrected chi connectivity index (χ3v) is 4.68. The number of hydrogen-bond donors (Lipinski definition) is 1. The number of anilines is 1. The number of pyridine rings is 1. The molecule has 0 aliphatic carbocycles. The van der Waals surface area contributed by atoms with E-state index in [1.807, 2.05) is 12.3 Å². The molecule has 22 heavy (non-hydrogen) atoms. The third-order valence-electron chi connectivity index (χ3n) is 3.96. The Morgan fingerprint density at radius 1 is 1.05 bits per heavy atom. The monoisotopic (exact) mass is 354 g/mol. The molecule has 3 aromatic rings. The van der Waals surface area contributed by atoms with E-state index in [9.17, 15) is 0 Å². The maximum absolute atomic E-state index is 4.48. The lowest BCUT2D eigenvalue weighted by atomic mass is 9.98. The Kier molecular flexibility index (Phi) is 4.74. The van der Waals surface area contributed by atoms with E-state index in [1.165, 1.54) is 15.4 Å². The molecule has 1 heterocycles. The molecule has 1 unspecified atom stereocenters. The van der Waals surface area contributed by atoms with Gasteiger partial charge in [0.1, 0.15) is 0 Å². The molecule has 0 saturated carbocycles. The molecular formula is C19H19BrN2. The van der Waals surface area contributed by atoms with E-state index >= 15 is 0 Å². The molecule has 1 aromatic heterocycles. The van der Waals surface area contributed by atoms with Gasteiger partial charge in [0, 0.05) is 22.6 Å². The first-order valence-corrected chi connectivity index (χ1v) is 8.37. The number of benzene rings is 2. The van der Waals surface area contributed by atoms with Crippen molar-refractivity contribution in [2.75, 3.05) is 11.9 Å². The molecule has 3 rings (SSSR count). The van der Waals surface area contributed by atoms with Gasteiger partial charge in [0.2, 0.25) is 0 Å². The number of hydrogen-bond acceptors (Lipinski definition) is 2. The molecular weight excluding hydrogens is 336 g/mol. The number of rotatable bonds is 5. The maximum Gasteiger partial charge on any atom is 0.0933 e. The summed E-state index contributed by atoms with van der Waals surface area (Å²) >= 11 is 3.64. The lowest BCUT2D eigenvalue weighted by molar-refractivity contribution is 0.703. The van der Waals surface area contributed by atoms with Crippen LogP contribution in [0.15, 0.2) is 65.3 Å². The van der Waals surface area contributed by atoms with Crippen molar-refractivity contribution in [2.24, 2.45) is 0 Å². The van der Waals surface area contributed by atoms with Gasteiger partial charge in [-0.05, 0) is 36.1 Å². The Bertz CT molecular complexity index is 765. The molecule has 2 nitrogen and oxygen atoms in total. The van der Waals surface area contributed by atoms with E-state index in [4.69, 9.17) is 0 Å². The van der Waals surface area contributed by atoms with Crippen molar-refractivity contribution < 1.29 is 0 Å². The van der Waals surface area contributed by atoms with Gasteiger partial charge in [-0.2, -0.15) is 0 Å². The summed E-state index contributed by atoms with van der Waals surface area (Å²) in [6, 6.07) is 18.8. The van der Waals surface area contributed by atoms with Crippen LogP contribution in [0.3, 0.4) is 0 Å². The van der Waals surface area contributed by atoms with Crippen molar-refractivity contribution in [1.82, 2.24) is 4.98 Å². The summed E-state index contributed by atoms with van der Waals surface area (Å²) in [6.45, 7) is 3.20. The van der Waals surface area contributed by atoms with Gasteiger partial charge >= 0.3 is 0 Å². The zero-order valence-corrected chi connectivity index (χ0v) is 14.2. The molecule has 0 amide bonds. The molecule has 0 aliphatic rings. The fraction of sp³-hybridized carbons (Fsp3) is 0.211. The highest BCUT2D eigenvalue weighted by Crippen LogP contribution is 2.27. The molecule has 0 bridgehead atoms. The van der Waals surface area contributed by atoms with Crippen LogP contribution in [-0.2, 0) is 0 Å². The molecule has 0 saturated heterocycles. The molecule has 112 valence electrons. The third kappa shape index (κ3) is 3.30. The van der Waals surface area contributed by atoms with Crippen LogP contribution in [-0.4, -0.2) is 11.5 Å². The predicted octanol–water partition coefficient (Wildman–Crippen LogP) is 5.60. The largest absolute Gasteiger partial charge is 0.383 e.